The predicted molar refractivity (Wildman–Crippen MR) is 397 cm³/mol. The van der Waals surface area contributed by atoms with Crippen LogP contribution < -0.4 is 0 Å². The Hall–Kier alpha value is -11.6. The molecule has 444 valence electrons. The maximum absolute atomic E-state index is 5.16. The van der Waals surface area contributed by atoms with Crippen molar-refractivity contribution < 1.29 is 0 Å². The molecule has 0 N–H and O–H groups in total. The lowest BCUT2D eigenvalue weighted by atomic mass is 9.79. The summed E-state index contributed by atoms with van der Waals surface area (Å²) in [7, 11) is 0. The predicted octanol–water partition coefficient (Wildman–Crippen LogP) is 24.7. The number of aromatic nitrogens is 2. The second kappa shape index (κ2) is 22.7. The molecule has 2 aliphatic carbocycles. The van der Waals surface area contributed by atoms with Crippen LogP contribution in [0.3, 0.4) is 0 Å². The molecule has 2 nitrogen and oxygen atoms in total. The first-order valence-electron chi connectivity index (χ1n) is 32.8. The van der Waals surface area contributed by atoms with Crippen molar-refractivity contribution in [1.29, 1.82) is 0 Å². The van der Waals surface area contributed by atoms with Crippen LogP contribution in [-0.4, -0.2) is 9.97 Å². The zero-order valence-electron chi connectivity index (χ0n) is 53.1. The molecule has 0 aliphatic heterocycles. The van der Waals surface area contributed by atoms with Crippen LogP contribution in [0.15, 0.2) is 328 Å². The van der Waals surface area contributed by atoms with E-state index in [9.17, 15) is 0 Å². The van der Waals surface area contributed by atoms with Gasteiger partial charge in [-0.2, -0.15) is 0 Å². The number of rotatable bonds is 8. The molecule has 0 saturated carbocycles. The van der Waals surface area contributed by atoms with E-state index in [4.69, 9.17) is 9.97 Å². The zero-order chi connectivity index (χ0) is 63.1. The van der Waals surface area contributed by atoms with Gasteiger partial charge in [0.05, 0.1) is 11.4 Å². The Bertz CT molecular complexity index is 5480. The number of pyridine rings is 2. The first-order chi connectivity index (χ1) is 46.2. The Morgan fingerprint density at radius 2 is 0.511 bits per heavy atom. The molecule has 2 heterocycles. The van der Waals surface area contributed by atoms with Crippen molar-refractivity contribution in [2.45, 2.75) is 38.5 Å². The topological polar surface area (TPSA) is 25.8 Å². The van der Waals surface area contributed by atoms with Gasteiger partial charge in [-0.3, -0.25) is 9.97 Å². The molecule has 16 aromatic rings. The average Bonchev–Trinajstić information content (AvgIpc) is 1.25. The number of nitrogens with zero attached hydrogens (tertiary/aromatic N) is 2. The molecule has 2 aromatic heterocycles. The van der Waals surface area contributed by atoms with Gasteiger partial charge in [-0.25, -0.2) is 0 Å². The highest BCUT2D eigenvalue weighted by molar-refractivity contribution is 6.23. The molecule has 0 atom stereocenters. The monoisotopic (exact) mass is 1200 g/mol. The van der Waals surface area contributed by atoms with Crippen molar-refractivity contribution in [2.24, 2.45) is 0 Å². The molecule has 18 rings (SSSR count). The first kappa shape index (κ1) is 56.4. The molecule has 0 spiro atoms. The zero-order valence-corrected chi connectivity index (χ0v) is 53.1. The van der Waals surface area contributed by atoms with Crippen LogP contribution >= 0.6 is 0 Å². The van der Waals surface area contributed by atoms with Crippen molar-refractivity contribution in [3.8, 4) is 112 Å². The molecule has 0 amide bonds. The minimum absolute atomic E-state index is 0.0384. The van der Waals surface area contributed by atoms with Crippen LogP contribution in [0.2, 0.25) is 0 Å². The average molecular weight is 1200 g/mol. The van der Waals surface area contributed by atoms with Crippen molar-refractivity contribution in [3.63, 3.8) is 0 Å². The maximum Gasteiger partial charge on any atom is 0.0705 e. The summed E-state index contributed by atoms with van der Waals surface area (Å²) in [4.78, 5) is 10.2. The van der Waals surface area contributed by atoms with E-state index in [-0.39, 0.29) is 10.8 Å². The van der Waals surface area contributed by atoms with Gasteiger partial charge in [-0.15, -0.1) is 0 Å². The summed E-state index contributed by atoms with van der Waals surface area (Å²) in [6, 6.07) is 115. The SMILES string of the molecule is CC1(C)c2ccccc2-c2ccc(-c3ccc(-c4c5ccccc5c(-c5ccc(-c6ccccc6)cc5)c5ccccc45)cn3)cc21.CC1(C)c2ccccc2-c2cccc(-c3ccc(-c4c5ccccc5c(-c5ccc(-c6ccccc6)cc5)c5ccccc45)cn3)c21. The van der Waals surface area contributed by atoms with Crippen molar-refractivity contribution in [1.82, 2.24) is 9.97 Å². The Labute approximate surface area is 549 Å². The van der Waals surface area contributed by atoms with Gasteiger partial charge in [0.1, 0.15) is 0 Å². The Morgan fingerprint density at radius 1 is 0.202 bits per heavy atom. The van der Waals surface area contributed by atoms with Crippen LogP contribution in [0.4, 0.5) is 0 Å². The minimum Gasteiger partial charge on any atom is -0.256 e. The molecule has 2 heteroatoms. The van der Waals surface area contributed by atoms with Crippen LogP contribution in [0.25, 0.3) is 155 Å². The van der Waals surface area contributed by atoms with Crippen LogP contribution in [0.5, 0.6) is 0 Å². The third-order valence-electron chi connectivity index (χ3n) is 20.3. The van der Waals surface area contributed by atoms with Gasteiger partial charge in [0.25, 0.3) is 0 Å². The molecular weight excluding hydrogens is 1130 g/mol. The van der Waals surface area contributed by atoms with Gasteiger partial charge in [0.2, 0.25) is 0 Å². The Morgan fingerprint density at radius 3 is 0.947 bits per heavy atom. The molecule has 0 saturated heterocycles. The minimum atomic E-state index is -0.0929. The lowest BCUT2D eigenvalue weighted by Crippen LogP contribution is -2.16. The number of hydrogen-bond acceptors (Lipinski definition) is 2. The van der Waals surface area contributed by atoms with Crippen molar-refractivity contribution in [2.75, 3.05) is 0 Å². The summed E-state index contributed by atoms with van der Waals surface area (Å²) in [6.45, 7) is 9.33. The summed E-state index contributed by atoms with van der Waals surface area (Å²) in [6.07, 6.45) is 4.14. The molecule has 14 aromatic carbocycles. The molecule has 0 bridgehead atoms. The number of hydrogen-bond donors (Lipinski definition) is 0. The molecule has 94 heavy (non-hydrogen) atoms. The second-order valence-corrected chi connectivity index (χ2v) is 26.3. The summed E-state index contributed by atoms with van der Waals surface area (Å²) in [5.74, 6) is 0. The highest BCUT2D eigenvalue weighted by Crippen LogP contribution is 2.54. The number of fused-ring (bicyclic) bond motifs is 10. The van der Waals surface area contributed by atoms with Crippen LogP contribution in [-0.2, 0) is 10.8 Å². The van der Waals surface area contributed by atoms with Crippen molar-refractivity contribution >= 4 is 43.1 Å². The fourth-order valence-electron chi connectivity index (χ4n) is 15.8. The van der Waals surface area contributed by atoms with Crippen LogP contribution in [0.1, 0.15) is 49.9 Å². The molecule has 0 fully saturated rings. The fourth-order valence-corrected chi connectivity index (χ4v) is 15.8. The molecular formula is C92H66N2. The standard InChI is InChI=1S/2C46H33N/c1-46(2)41-22-11-10-15-34(41)39-20-12-21-40(45(39)46)42-28-27-33(29-47-42)44-37-18-8-6-16-35(37)43(36-17-7-9-19-38(36)44)32-25-23-31(24-26-32)30-13-4-3-5-14-30;1-46(2)41-19-11-10-14-35(41)36-26-24-33(28-42(36)46)43-27-25-34(29-47-43)45-39-17-8-6-15-37(39)44(38-16-7-9-18-40(38)45)32-22-20-31(21-23-32)30-12-4-3-5-13-30/h2*3-29H,1-2H3. The van der Waals surface area contributed by atoms with Crippen LogP contribution in [0, 0.1) is 0 Å². The van der Waals surface area contributed by atoms with Gasteiger partial charge in [-0.1, -0.05) is 325 Å². The van der Waals surface area contributed by atoms with E-state index < -0.39 is 0 Å². The summed E-state index contributed by atoms with van der Waals surface area (Å²) in [5, 5.41) is 9.94. The molecule has 2 aliphatic rings. The third kappa shape index (κ3) is 9.31. The van der Waals surface area contributed by atoms with E-state index in [1.165, 1.54) is 149 Å². The van der Waals surface area contributed by atoms with Crippen molar-refractivity contribution in [3.05, 3.63) is 350 Å². The van der Waals surface area contributed by atoms with E-state index in [0.717, 1.165) is 28.1 Å². The third-order valence-corrected chi connectivity index (χ3v) is 20.3. The van der Waals surface area contributed by atoms with E-state index in [1.807, 2.05) is 0 Å². The maximum atomic E-state index is 5.16. The smallest absolute Gasteiger partial charge is 0.0705 e. The Balaban J connectivity index is 0.000000143. The fraction of sp³-hybridized carbons (Fsp3) is 0.0652. The summed E-state index contributed by atoms with van der Waals surface area (Å²) < 4.78 is 0. The first-order valence-corrected chi connectivity index (χ1v) is 32.8. The van der Waals surface area contributed by atoms with E-state index in [1.54, 1.807) is 0 Å². The molecule has 0 radical (unpaired) electrons. The summed E-state index contributed by atoms with van der Waals surface area (Å²) in [5.41, 5.74) is 29.7. The highest BCUT2D eigenvalue weighted by Gasteiger charge is 2.38. The lowest BCUT2D eigenvalue weighted by Gasteiger charge is -2.24. The van der Waals surface area contributed by atoms with Gasteiger partial charge >= 0.3 is 0 Å². The second-order valence-electron chi connectivity index (χ2n) is 26.3. The van der Waals surface area contributed by atoms with Gasteiger partial charge in [-0.05, 0) is 161 Å². The van der Waals surface area contributed by atoms with E-state index in [2.05, 4.69) is 356 Å². The lowest BCUT2D eigenvalue weighted by molar-refractivity contribution is 0.660. The van der Waals surface area contributed by atoms with E-state index >= 15 is 0 Å². The van der Waals surface area contributed by atoms with Gasteiger partial charge in [0, 0.05) is 45.5 Å². The van der Waals surface area contributed by atoms with Gasteiger partial charge in [0.15, 0.2) is 0 Å². The normalized spacial score (nSPS) is 13.1. The van der Waals surface area contributed by atoms with Gasteiger partial charge < -0.3 is 0 Å². The highest BCUT2D eigenvalue weighted by atomic mass is 14.7. The summed E-state index contributed by atoms with van der Waals surface area (Å²) >= 11 is 0. The van der Waals surface area contributed by atoms with E-state index in [0.29, 0.717) is 0 Å². The quantitative estimate of drug-likeness (QED) is 0.142. The largest absolute Gasteiger partial charge is 0.256 e. The number of benzene rings is 14. The molecule has 0 unspecified atom stereocenters. The Kier molecular flexibility index (Phi) is 13.6.